The van der Waals surface area contributed by atoms with Gasteiger partial charge < -0.3 is 14.2 Å². The molecule has 1 aliphatic heterocycles. The third-order valence-corrected chi connectivity index (χ3v) is 2.42. The van der Waals surface area contributed by atoms with E-state index >= 15 is 0 Å². The average Bonchev–Trinajstić information content (AvgIpc) is 2.76. The average molecular weight is 289 g/mol. The predicted molar refractivity (Wildman–Crippen MR) is 66.9 cm³/mol. The van der Waals surface area contributed by atoms with Gasteiger partial charge in [0.2, 0.25) is 0 Å². The van der Waals surface area contributed by atoms with Crippen molar-refractivity contribution in [2.45, 2.75) is 0 Å². The van der Waals surface area contributed by atoms with Crippen molar-refractivity contribution in [2.75, 3.05) is 52.8 Å². The van der Waals surface area contributed by atoms with Crippen molar-refractivity contribution in [1.29, 1.82) is 0 Å². The molecule has 0 radical (unpaired) electrons. The van der Waals surface area contributed by atoms with E-state index < -0.39 is 0 Å². The molecule has 1 aliphatic rings. The lowest BCUT2D eigenvalue weighted by atomic mass is 10.5. The van der Waals surface area contributed by atoms with Crippen molar-refractivity contribution in [3.8, 4) is 0 Å². The zero-order valence-corrected chi connectivity index (χ0v) is 11.2. The highest BCUT2D eigenvalue weighted by Crippen LogP contribution is 2.02. The molecule has 0 aromatic rings. The van der Waals surface area contributed by atoms with Crippen LogP contribution in [0, 0.1) is 0 Å². The lowest BCUT2D eigenvalue weighted by Crippen LogP contribution is -2.33. The minimum Gasteiger partial charge on any atom is -0.377 e. The predicted octanol–water partition coefficient (Wildman–Crippen LogP) is -0.549. The number of carbonyl (C=O) groups is 2. The van der Waals surface area contributed by atoms with Crippen LogP contribution in [0.15, 0.2) is 12.2 Å². The smallest absolute Gasteiger partial charge is 0.253 e. The Bertz CT molecular complexity index is 314. The van der Waals surface area contributed by atoms with Crippen LogP contribution < -0.4 is 0 Å². The van der Waals surface area contributed by atoms with Crippen LogP contribution in [0.1, 0.15) is 0 Å². The zero-order valence-electron chi connectivity index (χ0n) is 11.2. The number of carbonyl (C=O) groups excluding carboxylic acids is 2. The maximum Gasteiger partial charge on any atom is 0.253 e. The third-order valence-electron chi connectivity index (χ3n) is 2.42. The molecule has 8 nitrogen and oxygen atoms in total. The fourth-order valence-corrected chi connectivity index (χ4v) is 1.45. The second-order valence-corrected chi connectivity index (χ2v) is 3.83. The third kappa shape index (κ3) is 6.73. The number of nitrogens with zero attached hydrogens (tertiary/aromatic N) is 1. The van der Waals surface area contributed by atoms with Crippen molar-refractivity contribution in [1.82, 2.24) is 4.90 Å². The maximum absolute atomic E-state index is 11.2. The summed E-state index contributed by atoms with van der Waals surface area (Å²) in [5.74, 6) is -0.613. The van der Waals surface area contributed by atoms with Crippen LogP contribution in [0.25, 0.3) is 0 Å². The van der Waals surface area contributed by atoms with Gasteiger partial charge in [-0.15, -0.1) is 0 Å². The van der Waals surface area contributed by atoms with Gasteiger partial charge in [-0.25, -0.2) is 4.89 Å². The van der Waals surface area contributed by atoms with E-state index in [1.54, 1.807) is 0 Å². The lowest BCUT2D eigenvalue weighted by Gasteiger charge is -2.13. The number of rotatable bonds is 12. The summed E-state index contributed by atoms with van der Waals surface area (Å²) in [4.78, 5) is 27.3. The molecule has 0 saturated heterocycles. The van der Waals surface area contributed by atoms with Crippen LogP contribution in [0.3, 0.4) is 0 Å². The molecule has 1 rings (SSSR count). The molecule has 0 aromatic carbocycles. The summed E-state index contributed by atoms with van der Waals surface area (Å²) in [5, 5.41) is 8.02. The van der Waals surface area contributed by atoms with Gasteiger partial charge in [-0.3, -0.25) is 19.7 Å². The fraction of sp³-hybridized carbons (Fsp3) is 0.667. The molecule has 1 N–H and O–H groups in total. The van der Waals surface area contributed by atoms with E-state index in [0.29, 0.717) is 33.0 Å². The molecule has 0 fully saturated rings. The molecule has 0 saturated carbocycles. The van der Waals surface area contributed by atoms with Gasteiger partial charge in [-0.05, 0) is 0 Å². The Kier molecular flexibility index (Phi) is 8.76. The number of imide groups is 1. The molecule has 0 atom stereocenters. The van der Waals surface area contributed by atoms with Crippen LogP contribution in [0.2, 0.25) is 0 Å². The minimum absolute atomic E-state index is 0.131. The van der Waals surface area contributed by atoms with Gasteiger partial charge in [-0.2, -0.15) is 0 Å². The first-order valence-electron chi connectivity index (χ1n) is 6.29. The molecule has 114 valence electrons. The summed E-state index contributed by atoms with van der Waals surface area (Å²) in [7, 11) is 0. The highest BCUT2D eigenvalue weighted by atomic mass is 17.1. The van der Waals surface area contributed by atoms with E-state index in [4.69, 9.17) is 19.5 Å². The van der Waals surface area contributed by atoms with Gasteiger partial charge in [0.1, 0.15) is 6.61 Å². The Labute approximate surface area is 116 Å². The first-order chi connectivity index (χ1) is 9.75. The normalized spacial score (nSPS) is 14.6. The van der Waals surface area contributed by atoms with Gasteiger partial charge >= 0.3 is 0 Å². The van der Waals surface area contributed by atoms with Crippen LogP contribution in [-0.2, 0) is 28.7 Å². The van der Waals surface area contributed by atoms with E-state index in [1.165, 1.54) is 12.2 Å². The highest BCUT2D eigenvalue weighted by molar-refractivity contribution is 6.12. The van der Waals surface area contributed by atoms with Crippen molar-refractivity contribution in [3.05, 3.63) is 12.2 Å². The van der Waals surface area contributed by atoms with E-state index in [1.807, 2.05) is 0 Å². The molecule has 0 unspecified atom stereocenters. The molecular formula is C12H19NO7. The first kappa shape index (κ1) is 16.7. The largest absolute Gasteiger partial charge is 0.377 e. The summed E-state index contributed by atoms with van der Waals surface area (Å²) in [5.41, 5.74) is 0. The Morgan fingerprint density at radius 3 is 1.75 bits per heavy atom. The molecule has 8 heteroatoms. The second kappa shape index (κ2) is 10.5. The SMILES string of the molecule is O=C1C=CC(=O)N1CCOCCOCCOCCOO. The number of ether oxygens (including phenoxy) is 3. The lowest BCUT2D eigenvalue weighted by molar-refractivity contribution is -0.249. The van der Waals surface area contributed by atoms with Crippen molar-refractivity contribution in [2.24, 2.45) is 0 Å². The number of amides is 2. The van der Waals surface area contributed by atoms with Crippen LogP contribution in [0.5, 0.6) is 0 Å². The summed E-state index contributed by atoms with van der Waals surface area (Å²) < 4.78 is 15.5. The molecule has 1 heterocycles. The molecule has 0 bridgehead atoms. The van der Waals surface area contributed by atoms with Gasteiger partial charge in [0.25, 0.3) is 11.8 Å². The molecule has 0 aromatic heterocycles. The zero-order chi connectivity index (χ0) is 14.6. The first-order valence-corrected chi connectivity index (χ1v) is 6.29. The van der Waals surface area contributed by atoms with Crippen molar-refractivity contribution >= 4 is 11.8 Å². The summed E-state index contributed by atoms with van der Waals surface area (Å²) in [6, 6.07) is 0. The number of hydrogen-bond acceptors (Lipinski definition) is 7. The molecule has 0 aliphatic carbocycles. The minimum atomic E-state index is -0.307. The Balaban J connectivity index is 1.83. The Morgan fingerprint density at radius 2 is 1.25 bits per heavy atom. The fourth-order valence-electron chi connectivity index (χ4n) is 1.45. The van der Waals surface area contributed by atoms with E-state index in [0.717, 1.165) is 4.90 Å². The van der Waals surface area contributed by atoms with Gasteiger partial charge in [0.15, 0.2) is 0 Å². The van der Waals surface area contributed by atoms with Crippen LogP contribution in [-0.4, -0.2) is 74.8 Å². The standard InChI is InChI=1S/C12H19NO7/c14-11-1-2-12(15)13(11)3-4-17-5-6-18-7-8-19-9-10-20-16/h1-2,16H,3-10H2. The van der Waals surface area contributed by atoms with E-state index in [2.05, 4.69) is 4.89 Å². The second-order valence-electron chi connectivity index (χ2n) is 3.83. The molecular weight excluding hydrogens is 270 g/mol. The topological polar surface area (TPSA) is 94.5 Å². The van der Waals surface area contributed by atoms with Gasteiger partial charge in [-0.1, -0.05) is 0 Å². The van der Waals surface area contributed by atoms with E-state index in [9.17, 15) is 9.59 Å². The maximum atomic E-state index is 11.2. The van der Waals surface area contributed by atoms with Crippen molar-refractivity contribution < 1.29 is 33.9 Å². The van der Waals surface area contributed by atoms with Crippen LogP contribution in [0.4, 0.5) is 0 Å². The summed E-state index contributed by atoms with van der Waals surface area (Å²) in [6.07, 6.45) is 2.49. The monoisotopic (exact) mass is 289 g/mol. The number of hydrogen-bond donors (Lipinski definition) is 1. The highest BCUT2D eigenvalue weighted by Gasteiger charge is 2.22. The summed E-state index contributed by atoms with van der Waals surface area (Å²) >= 11 is 0. The Morgan fingerprint density at radius 1 is 0.800 bits per heavy atom. The molecule has 20 heavy (non-hydrogen) atoms. The summed E-state index contributed by atoms with van der Waals surface area (Å²) in [6.45, 7) is 2.58. The van der Waals surface area contributed by atoms with E-state index in [-0.39, 0.29) is 31.6 Å². The van der Waals surface area contributed by atoms with Gasteiger partial charge in [0.05, 0.1) is 46.2 Å². The van der Waals surface area contributed by atoms with Gasteiger partial charge in [0, 0.05) is 12.2 Å². The Hall–Kier alpha value is -1.32. The van der Waals surface area contributed by atoms with Crippen molar-refractivity contribution in [3.63, 3.8) is 0 Å². The quantitative estimate of drug-likeness (QED) is 0.223. The van der Waals surface area contributed by atoms with Crippen LogP contribution >= 0.6 is 0 Å². The molecule has 2 amide bonds. The molecule has 0 spiro atoms.